The number of ether oxygens (including phenoxy) is 1. The SMILES string of the molecule is CC.CC(C)(C)OC(=O)Nc1ncc(C(=O)/C=C/c2ccccc2)s1. The molecule has 1 N–H and O–H groups in total. The molecule has 25 heavy (non-hydrogen) atoms. The van der Waals surface area contributed by atoms with Crippen molar-refractivity contribution >= 4 is 34.4 Å². The number of anilines is 1. The van der Waals surface area contributed by atoms with E-state index in [4.69, 9.17) is 4.74 Å². The van der Waals surface area contributed by atoms with Crippen LogP contribution in [0.25, 0.3) is 6.08 Å². The van der Waals surface area contributed by atoms with Crippen LogP contribution in [0.15, 0.2) is 42.6 Å². The van der Waals surface area contributed by atoms with Gasteiger partial charge >= 0.3 is 6.09 Å². The fraction of sp³-hybridized carbons (Fsp3) is 0.316. The summed E-state index contributed by atoms with van der Waals surface area (Å²) in [6, 6.07) is 9.54. The number of rotatable bonds is 4. The summed E-state index contributed by atoms with van der Waals surface area (Å²) in [4.78, 5) is 28.2. The second kappa shape index (κ2) is 9.74. The van der Waals surface area contributed by atoms with Gasteiger partial charge in [0.15, 0.2) is 10.9 Å². The van der Waals surface area contributed by atoms with Gasteiger partial charge in [-0.05, 0) is 32.4 Å². The van der Waals surface area contributed by atoms with E-state index in [9.17, 15) is 9.59 Å². The number of ketones is 1. The first kappa shape index (κ1) is 20.6. The van der Waals surface area contributed by atoms with Gasteiger partial charge in [0, 0.05) is 0 Å². The van der Waals surface area contributed by atoms with Crippen LogP contribution in [0, 0.1) is 0 Å². The molecule has 1 heterocycles. The van der Waals surface area contributed by atoms with Crippen molar-refractivity contribution in [3.05, 3.63) is 53.0 Å². The molecule has 1 aromatic carbocycles. The molecule has 1 amide bonds. The van der Waals surface area contributed by atoms with Crippen molar-refractivity contribution in [1.29, 1.82) is 0 Å². The van der Waals surface area contributed by atoms with E-state index in [-0.39, 0.29) is 5.78 Å². The molecule has 134 valence electrons. The molecule has 1 aromatic heterocycles. The summed E-state index contributed by atoms with van der Waals surface area (Å²) >= 11 is 1.11. The number of hydrogen-bond acceptors (Lipinski definition) is 5. The van der Waals surface area contributed by atoms with Crippen LogP contribution in [0.1, 0.15) is 49.9 Å². The second-order valence-electron chi connectivity index (χ2n) is 5.76. The smallest absolute Gasteiger partial charge is 0.413 e. The third-order valence-corrected chi connectivity index (χ3v) is 3.51. The number of nitrogens with one attached hydrogen (secondary N) is 1. The Morgan fingerprint density at radius 3 is 2.40 bits per heavy atom. The Labute approximate surface area is 152 Å². The number of hydrogen-bond donors (Lipinski definition) is 1. The fourth-order valence-electron chi connectivity index (χ4n) is 1.65. The number of amides is 1. The molecule has 0 unspecified atom stereocenters. The van der Waals surface area contributed by atoms with Gasteiger partial charge in [0.25, 0.3) is 0 Å². The Balaban J connectivity index is 0.00000151. The highest BCUT2D eigenvalue weighted by Crippen LogP contribution is 2.20. The zero-order valence-electron chi connectivity index (χ0n) is 15.2. The largest absolute Gasteiger partial charge is 0.444 e. The van der Waals surface area contributed by atoms with Crippen LogP contribution >= 0.6 is 11.3 Å². The molecule has 0 atom stereocenters. The van der Waals surface area contributed by atoms with Gasteiger partial charge in [-0.3, -0.25) is 10.1 Å². The fourth-order valence-corrected chi connectivity index (χ4v) is 2.38. The summed E-state index contributed by atoms with van der Waals surface area (Å²) in [5.41, 5.74) is 0.357. The van der Waals surface area contributed by atoms with E-state index in [1.165, 1.54) is 12.3 Å². The van der Waals surface area contributed by atoms with Gasteiger partial charge in [-0.2, -0.15) is 0 Å². The maximum atomic E-state index is 12.1. The summed E-state index contributed by atoms with van der Waals surface area (Å²) < 4.78 is 5.13. The summed E-state index contributed by atoms with van der Waals surface area (Å²) in [6.07, 6.45) is 4.07. The first-order chi connectivity index (χ1) is 11.8. The summed E-state index contributed by atoms with van der Waals surface area (Å²) in [7, 11) is 0. The Hall–Kier alpha value is -2.47. The molecule has 6 heteroatoms. The van der Waals surface area contributed by atoms with E-state index >= 15 is 0 Å². The standard InChI is InChI=1S/C17H18N2O3S.C2H6/c1-17(2,3)22-16(21)19-15-18-11-14(23-15)13(20)10-9-12-7-5-4-6-8-12;1-2/h4-11H,1-3H3,(H,18,19,21);1-2H3/b10-9+;. The van der Waals surface area contributed by atoms with E-state index in [1.54, 1.807) is 26.8 Å². The van der Waals surface area contributed by atoms with Crippen LogP contribution in [0.5, 0.6) is 0 Å². The molecule has 0 fully saturated rings. The van der Waals surface area contributed by atoms with Crippen molar-refractivity contribution in [3.63, 3.8) is 0 Å². The average molecular weight is 360 g/mol. The van der Waals surface area contributed by atoms with Gasteiger partial charge in [-0.25, -0.2) is 9.78 Å². The van der Waals surface area contributed by atoms with E-state index in [1.807, 2.05) is 44.2 Å². The average Bonchev–Trinajstić information content (AvgIpc) is 3.02. The molecule has 0 saturated carbocycles. The Bertz CT molecular complexity index is 716. The molecule has 0 spiro atoms. The van der Waals surface area contributed by atoms with E-state index in [0.717, 1.165) is 16.9 Å². The van der Waals surface area contributed by atoms with Crippen molar-refractivity contribution in [3.8, 4) is 0 Å². The lowest BCUT2D eigenvalue weighted by Gasteiger charge is -2.18. The zero-order chi connectivity index (χ0) is 18.9. The first-order valence-corrected chi connectivity index (χ1v) is 8.88. The lowest BCUT2D eigenvalue weighted by Crippen LogP contribution is -2.27. The van der Waals surface area contributed by atoms with Crippen molar-refractivity contribution < 1.29 is 14.3 Å². The van der Waals surface area contributed by atoms with Crippen molar-refractivity contribution in [2.75, 3.05) is 5.32 Å². The van der Waals surface area contributed by atoms with Crippen LogP contribution in [0.2, 0.25) is 0 Å². The monoisotopic (exact) mass is 360 g/mol. The quantitative estimate of drug-likeness (QED) is 0.584. The van der Waals surface area contributed by atoms with Gasteiger partial charge in [0.05, 0.1) is 11.1 Å². The molecular formula is C19H24N2O3S. The Morgan fingerprint density at radius 1 is 1.16 bits per heavy atom. The third kappa shape index (κ3) is 7.76. The number of carbonyl (C=O) groups is 2. The minimum atomic E-state index is -0.592. The van der Waals surface area contributed by atoms with Crippen LogP contribution in [0.4, 0.5) is 9.93 Å². The predicted octanol–water partition coefficient (Wildman–Crippen LogP) is 5.41. The number of thiazole rings is 1. The number of allylic oxidation sites excluding steroid dienone is 1. The Kier molecular flexibility index (Phi) is 8.01. The number of nitrogens with zero attached hydrogens (tertiary/aromatic N) is 1. The zero-order valence-corrected chi connectivity index (χ0v) is 16.0. The normalized spacial score (nSPS) is 10.8. The minimum absolute atomic E-state index is 0.163. The van der Waals surface area contributed by atoms with Gasteiger partial charge in [0.2, 0.25) is 0 Å². The number of carbonyl (C=O) groups excluding carboxylic acids is 2. The van der Waals surface area contributed by atoms with Gasteiger partial charge in [-0.15, -0.1) is 0 Å². The minimum Gasteiger partial charge on any atom is -0.444 e. The van der Waals surface area contributed by atoms with Crippen LogP contribution in [0.3, 0.4) is 0 Å². The second-order valence-corrected chi connectivity index (χ2v) is 6.80. The van der Waals surface area contributed by atoms with Gasteiger partial charge < -0.3 is 4.74 Å². The molecule has 0 aliphatic heterocycles. The summed E-state index contributed by atoms with van der Waals surface area (Å²) in [5, 5.41) is 2.85. The van der Waals surface area contributed by atoms with Crippen molar-refractivity contribution in [1.82, 2.24) is 4.98 Å². The number of aromatic nitrogens is 1. The molecular weight excluding hydrogens is 336 g/mol. The van der Waals surface area contributed by atoms with Crippen LogP contribution in [-0.4, -0.2) is 22.5 Å². The molecule has 2 rings (SSSR count). The van der Waals surface area contributed by atoms with Crippen molar-refractivity contribution in [2.45, 2.75) is 40.2 Å². The molecule has 0 radical (unpaired) electrons. The summed E-state index contributed by atoms with van der Waals surface area (Å²) in [5.74, 6) is -0.163. The van der Waals surface area contributed by atoms with E-state index < -0.39 is 11.7 Å². The van der Waals surface area contributed by atoms with E-state index in [0.29, 0.717) is 10.0 Å². The maximum Gasteiger partial charge on any atom is 0.413 e. The highest BCUT2D eigenvalue weighted by molar-refractivity contribution is 7.17. The third-order valence-electron chi connectivity index (χ3n) is 2.58. The molecule has 0 aliphatic rings. The maximum absolute atomic E-state index is 12.1. The highest BCUT2D eigenvalue weighted by atomic mass is 32.1. The molecule has 0 bridgehead atoms. The summed E-state index contributed by atoms with van der Waals surface area (Å²) in [6.45, 7) is 9.33. The Morgan fingerprint density at radius 2 is 1.80 bits per heavy atom. The van der Waals surface area contributed by atoms with Gasteiger partial charge in [-0.1, -0.05) is 61.6 Å². The number of benzene rings is 1. The van der Waals surface area contributed by atoms with Crippen LogP contribution < -0.4 is 5.32 Å². The van der Waals surface area contributed by atoms with Gasteiger partial charge in [0.1, 0.15) is 5.60 Å². The highest BCUT2D eigenvalue weighted by Gasteiger charge is 2.17. The molecule has 2 aromatic rings. The predicted molar refractivity (Wildman–Crippen MR) is 103 cm³/mol. The van der Waals surface area contributed by atoms with Crippen LogP contribution in [-0.2, 0) is 4.74 Å². The lowest BCUT2D eigenvalue weighted by molar-refractivity contribution is 0.0635. The lowest BCUT2D eigenvalue weighted by atomic mass is 10.2. The van der Waals surface area contributed by atoms with E-state index in [2.05, 4.69) is 10.3 Å². The molecule has 0 saturated heterocycles. The van der Waals surface area contributed by atoms with Crippen molar-refractivity contribution in [2.24, 2.45) is 0 Å². The molecule has 0 aliphatic carbocycles. The topological polar surface area (TPSA) is 68.3 Å². The first-order valence-electron chi connectivity index (χ1n) is 8.07. The molecule has 5 nitrogen and oxygen atoms in total.